The molecule has 1 N–H and O–H groups in total. The summed E-state index contributed by atoms with van der Waals surface area (Å²) in [6.07, 6.45) is 0. The van der Waals surface area contributed by atoms with E-state index in [1.165, 1.54) is 30.3 Å². The van der Waals surface area contributed by atoms with Gasteiger partial charge < -0.3 is 5.32 Å². The number of benzene rings is 2. The molecule has 0 aliphatic rings. The Kier molecular flexibility index (Phi) is 4.23. The van der Waals surface area contributed by atoms with E-state index in [0.717, 1.165) is 6.07 Å². The van der Waals surface area contributed by atoms with E-state index in [9.17, 15) is 9.18 Å². The minimum Gasteiger partial charge on any atom is -0.320 e. The number of anilines is 1. The fourth-order valence-electron chi connectivity index (χ4n) is 1.59. The molecule has 0 saturated carbocycles. The Morgan fingerprint density at radius 1 is 1.20 bits per heavy atom. The molecule has 0 fully saturated rings. The van der Waals surface area contributed by atoms with Crippen LogP contribution in [0.1, 0.15) is 15.9 Å². The third-order valence-electron chi connectivity index (χ3n) is 2.54. The summed E-state index contributed by atoms with van der Waals surface area (Å²) in [5, 5.41) is 11.4. The van der Waals surface area contributed by atoms with Crippen molar-refractivity contribution in [2.45, 2.75) is 0 Å². The normalized spacial score (nSPS) is 9.90. The summed E-state index contributed by atoms with van der Waals surface area (Å²) in [5.74, 6) is -1.43. The summed E-state index contributed by atoms with van der Waals surface area (Å²) >= 11 is 11.7. The SMILES string of the molecule is N#Cc1ccc(NC(=O)c2c(F)cccc2Cl)c(Cl)c1. The molecule has 0 bridgehead atoms. The highest BCUT2D eigenvalue weighted by atomic mass is 35.5. The maximum Gasteiger partial charge on any atom is 0.260 e. The number of halogens is 3. The predicted molar refractivity (Wildman–Crippen MR) is 75.5 cm³/mol. The number of amides is 1. The molecule has 6 heteroatoms. The predicted octanol–water partition coefficient (Wildman–Crippen LogP) is 4.26. The van der Waals surface area contributed by atoms with E-state index in [1.807, 2.05) is 6.07 Å². The van der Waals surface area contributed by atoms with Crippen molar-refractivity contribution >= 4 is 34.8 Å². The number of hydrogen-bond acceptors (Lipinski definition) is 2. The molecule has 2 aromatic carbocycles. The van der Waals surface area contributed by atoms with Gasteiger partial charge in [0.25, 0.3) is 5.91 Å². The Morgan fingerprint density at radius 3 is 2.55 bits per heavy atom. The summed E-state index contributed by atoms with van der Waals surface area (Å²) in [6.45, 7) is 0. The van der Waals surface area contributed by atoms with Gasteiger partial charge >= 0.3 is 0 Å². The zero-order valence-electron chi connectivity index (χ0n) is 9.95. The van der Waals surface area contributed by atoms with Gasteiger partial charge in [-0.05, 0) is 30.3 Å². The van der Waals surface area contributed by atoms with Gasteiger partial charge in [-0.1, -0.05) is 29.3 Å². The average Bonchev–Trinajstić information content (AvgIpc) is 2.41. The standard InChI is InChI=1S/C14H7Cl2FN2O/c15-9-2-1-3-11(17)13(9)14(20)19-12-5-4-8(7-18)6-10(12)16/h1-6H,(H,19,20). The monoisotopic (exact) mass is 308 g/mol. The lowest BCUT2D eigenvalue weighted by molar-refractivity contribution is 0.102. The molecule has 0 aromatic heterocycles. The molecular weight excluding hydrogens is 302 g/mol. The lowest BCUT2D eigenvalue weighted by Crippen LogP contribution is -2.14. The first kappa shape index (κ1) is 14.3. The third-order valence-corrected chi connectivity index (χ3v) is 3.16. The molecule has 3 nitrogen and oxygen atoms in total. The Balaban J connectivity index is 2.31. The van der Waals surface area contributed by atoms with Crippen LogP contribution in [0.25, 0.3) is 0 Å². The van der Waals surface area contributed by atoms with Crippen molar-refractivity contribution in [3.63, 3.8) is 0 Å². The number of nitriles is 1. The molecule has 0 heterocycles. The first-order valence-electron chi connectivity index (χ1n) is 5.48. The molecule has 0 atom stereocenters. The molecule has 0 aliphatic carbocycles. The largest absolute Gasteiger partial charge is 0.320 e. The van der Waals surface area contributed by atoms with Crippen LogP contribution in [0.4, 0.5) is 10.1 Å². The first-order chi connectivity index (χ1) is 9.52. The maximum atomic E-state index is 13.6. The van der Waals surface area contributed by atoms with Crippen LogP contribution >= 0.6 is 23.2 Å². The van der Waals surface area contributed by atoms with Gasteiger partial charge in [-0.15, -0.1) is 0 Å². The van der Waals surface area contributed by atoms with E-state index in [1.54, 1.807) is 0 Å². The van der Waals surface area contributed by atoms with E-state index in [-0.39, 0.29) is 21.3 Å². The van der Waals surface area contributed by atoms with Crippen LogP contribution in [0.2, 0.25) is 10.0 Å². The van der Waals surface area contributed by atoms with E-state index in [4.69, 9.17) is 28.5 Å². The maximum absolute atomic E-state index is 13.6. The van der Waals surface area contributed by atoms with Gasteiger partial charge in [-0.2, -0.15) is 5.26 Å². The summed E-state index contributed by atoms with van der Waals surface area (Å²) < 4.78 is 13.6. The second-order valence-electron chi connectivity index (χ2n) is 3.86. The molecule has 20 heavy (non-hydrogen) atoms. The third kappa shape index (κ3) is 2.90. The Hall–Kier alpha value is -2.09. The van der Waals surface area contributed by atoms with E-state index in [0.29, 0.717) is 5.56 Å². The van der Waals surface area contributed by atoms with E-state index < -0.39 is 11.7 Å². The number of nitrogens with zero attached hydrogens (tertiary/aromatic N) is 1. The van der Waals surface area contributed by atoms with Crippen molar-refractivity contribution in [1.82, 2.24) is 0 Å². The number of nitrogens with one attached hydrogen (secondary N) is 1. The Labute approximate surface area is 124 Å². The van der Waals surface area contributed by atoms with Crippen LogP contribution in [-0.2, 0) is 0 Å². The fraction of sp³-hybridized carbons (Fsp3) is 0. The molecule has 0 aliphatic heterocycles. The number of carbonyl (C=O) groups excluding carboxylic acids is 1. The van der Waals surface area contributed by atoms with Crippen molar-refractivity contribution < 1.29 is 9.18 Å². The van der Waals surface area contributed by atoms with Crippen LogP contribution in [0.15, 0.2) is 36.4 Å². The lowest BCUT2D eigenvalue weighted by atomic mass is 10.1. The number of carbonyl (C=O) groups is 1. The lowest BCUT2D eigenvalue weighted by Gasteiger charge is -2.09. The molecule has 2 rings (SSSR count). The summed E-state index contributed by atoms with van der Waals surface area (Å²) in [7, 11) is 0. The van der Waals surface area contributed by atoms with Crippen molar-refractivity contribution in [3.05, 3.63) is 63.4 Å². The molecule has 100 valence electrons. The van der Waals surface area contributed by atoms with Crippen LogP contribution < -0.4 is 5.32 Å². The van der Waals surface area contributed by atoms with Crippen molar-refractivity contribution in [2.75, 3.05) is 5.32 Å². The van der Waals surface area contributed by atoms with Crippen LogP contribution in [0.5, 0.6) is 0 Å². The van der Waals surface area contributed by atoms with Gasteiger partial charge in [-0.3, -0.25) is 4.79 Å². The van der Waals surface area contributed by atoms with E-state index in [2.05, 4.69) is 5.32 Å². The van der Waals surface area contributed by atoms with Gasteiger partial charge in [-0.25, -0.2) is 4.39 Å². The minimum atomic E-state index is -0.722. The summed E-state index contributed by atoms with van der Waals surface area (Å²) in [6, 6.07) is 10.2. The number of rotatable bonds is 2. The van der Waals surface area contributed by atoms with Gasteiger partial charge in [0.1, 0.15) is 5.82 Å². The minimum absolute atomic E-state index is 0.00673. The second kappa shape index (κ2) is 5.91. The highest BCUT2D eigenvalue weighted by molar-refractivity contribution is 6.36. The first-order valence-corrected chi connectivity index (χ1v) is 6.23. The van der Waals surface area contributed by atoms with Crippen LogP contribution in [-0.4, -0.2) is 5.91 Å². The quantitative estimate of drug-likeness (QED) is 0.901. The fourth-order valence-corrected chi connectivity index (χ4v) is 2.06. The van der Waals surface area contributed by atoms with E-state index >= 15 is 0 Å². The Morgan fingerprint density at radius 2 is 1.95 bits per heavy atom. The van der Waals surface area contributed by atoms with Crippen molar-refractivity contribution in [1.29, 1.82) is 5.26 Å². The van der Waals surface area contributed by atoms with Gasteiger partial charge in [0, 0.05) is 0 Å². The highest BCUT2D eigenvalue weighted by Gasteiger charge is 2.16. The molecule has 0 spiro atoms. The van der Waals surface area contributed by atoms with Crippen molar-refractivity contribution in [3.8, 4) is 6.07 Å². The van der Waals surface area contributed by atoms with Crippen molar-refractivity contribution in [2.24, 2.45) is 0 Å². The smallest absolute Gasteiger partial charge is 0.260 e. The molecule has 1 amide bonds. The summed E-state index contributed by atoms with van der Waals surface area (Å²) in [4.78, 5) is 12.0. The topological polar surface area (TPSA) is 52.9 Å². The highest BCUT2D eigenvalue weighted by Crippen LogP contribution is 2.25. The number of hydrogen-bond donors (Lipinski definition) is 1. The summed E-state index contributed by atoms with van der Waals surface area (Å²) in [5.41, 5.74) is 0.376. The molecular formula is C14H7Cl2FN2O. The Bertz CT molecular complexity index is 705. The van der Waals surface area contributed by atoms with Gasteiger partial charge in [0.05, 0.1) is 32.9 Å². The molecule has 0 saturated heterocycles. The molecule has 2 aromatic rings. The van der Waals surface area contributed by atoms with Crippen LogP contribution in [0.3, 0.4) is 0 Å². The van der Waals surface area contributed by atoms with Gasteiger partial charge in [0.2, 0.25) is 0 Å². The zero-order chi connectivity index (χ0) is 14.7. The second-order valence-corrected chi connectivity index (χ2v) is 4.67. The van der Waals surface area contributed by atoms with Gasteiger partial charge in [0.15, 0.2) is 0 Å². The molecule has 0 unspecified atom stereocenters. The molecule has 0 radical (unpaired) electrons. The zero-order valence-corrected chi connectivity index (χ0v) is 11.5. The average molecular weight is 309 g/mol. The van der Waals surface area contributed by atoms with Crippen LogP contribution in [0, 0.1) is 17.1 Å².